The molecular weight excluding hydrogens is 1290 g/mol. The van der Waals surface area contributed by atoms with Gasteiger partial charge in [0.25, 0.3) is 0 Å². The minimum Gasteiger partial charge on any atom is -0.481 e. The maximum absolute atomic E-state index is 14.2. The van der Waals surface area contributed by atoms with Crippen molar-refractivity contribution >= 4 is 120 Å². The van der Waals surface area contributed by atoms with E-state index in [2.05, 4.69) is 95.7 Å². The maximum Gasteiger partial charge on any atom is 0.326 e. The van der Waals surface area contributed by atoms with Gasteiger partial charge in [-0.25, -0.2) is 9.78 Å². The fourth-order valence-corrected chi connectivity index (χ4v) is 10.2. The lowest BCUT2D eigenvalue weighted by molar-refractivity contribution is -0.142. The van der Waals surface area contributed by atoms with Gasteiger partial charge in [0, 0.05) is 55.0 Å². The average molecular weight is 1380 g/mol. The molecule has 532 valence electrons. The molecule has 9 atom stereocenters. The molecule has 0 aliphatic heterocycles. The van der Waals surface area contributed by atoms with E-state index in [0.717, 1.165) is 6.42 Å². The van der Waals surface area contributed by atoms with Crippen LogP contribution < -0.4 is 105 Å². The smallest absolute Gasteiger partial charge is 0.326 e. The second-order valence-corrected chi connectivity index (χ2v) is 23.8. The first-order valence-electron chi connectivity index (χ1n) is 30.5. The monoisotopic (exact) mass is 1380 g/mol. The number of aliphatic carboxylic acids is 2. The van der Waals surface area contributed by atoms with Gasteiger partial charge < -0.3 is 120 Å². The lowest BCUT2D eigenvalue weighted by Crippen LogP contribution is -2.61. The third-order valence-corrected chi connectivity index (χ3v) is 15.5. The topological polar surface area (TPSA) is 678 Å². The van der Waals surface area contributed by atoms with Crippen LogP contribution in [0, 0.1) is 5.92 Å². The van der Waals surface area contributed by atoms with Crippen molar-refractivity contribution in [3.05, 3.63) is 18.2 Å². The van der Waals surface area contributed by atoms with E-state index in [-0.39, 0.29) is 107 Å². The van der Waals surface area contributed by atoms with Gasteiger partial charge >= 0.3 is 11.9 Å². The summed E-state index contributed by atoms with van der Waals surface area (Å²) in [6, 6.07) is -13.0. The van der Waals surface area contributed by atoms with Crippen LogP contribution in [0.15, 0.2) is 32.5 Å². The summed E-state index contributed by atoms with van der Waals surface area (Å²) in [7, 11) is 0. The van der Waals surface area contributed by atoms with Crippen molar-refractivity contribution in [2.45, 2.75) is 169 Å². The molecule has 1 fully saturated rings. The summed E-state index contributed by atoms with van der Waals surface area (Å²) >= 11 is 9.00. The number of carbonyl (C=O) groups excluding carboxylic acids is 10. The Morgan fingerprint density at radius 2 is 0.968 bits per heavy atom. The fraction of sp³-hybridized carbons (Fsp3) is 0.648. The number of thiol groups is 2. The summed E-state index contributed by atoms with van der Waals surface area (Å²) in [6.07, 6.45) is 4.91. The number of carboxylic acid groups (broad SMARTS) is 2. The third kappa shape index (κ3) is 32.3. The van der Waals surface area contributed by atoms with E-state index in [9.17, 15) is 67.7 Å². The van der Waals surface area contributed by atoms with Gasteiger partial charge in [-0.05, 0) is 70.1 Å². The molecule has 10 amide bonds. The molecule has 0 aromatic carbocycles. The van der Waals surface area contributed by atoms with E-state index in [1.54, 1.807) is 0 Å². The molecule has 0 bridgehead atoms. The fourth-order valence-electron chi connectivity index (χ4n) is 9.42. The summed E-state index contributed by atoms with van der Waals surface area (Å²) in [6.45, 7) is 1.56. The van der Waals surface area contributed by atoms with Gasteiger partial charge in [-0.2, -0.15) is 25.3 Å². The van der Waals surface area contributed by atoms with Crippen molar-refractivity contribution in [2.75, 3.05) is 45.0 Å². The predicted octanol–water partition coefficient (Wildman–Crippen LogP) is -8.62. The quantitative estimate of drug-likeness (QED) is 0.0125. The highest BCUT2D eigenvalue weighted by molar-refractivity contribution is 7.82. The van der Waals surface area contributed by atoms with Crippen molar-refractivity contribution in [3.63, 3.8) is 0 Å². The molecule has 1 aromatic rings. The number of amides is 10. The number of aromatic nitrogens is 2. The molecule has 0 radical (unpaired) electrons. The number of aliphatic imine (C=N–C) groups is 4. The largest absolute Gasteiger partial charge is 0.481 e. The first kappa shape index (κ1) is 81.7. The Morgan fingerprint density at radius 1 is 0.537 bits per heavy atom. The summed E-state index contributed by atoms with van der Waals surface area (Å²) in [5.74, 6) is -14.5. The van der Waals surface area contributed by atoms with E-state index in [1.807, 2.05) is 0 Å². The number of aromatic amines is 1. The minimum absolute atomic E-state index is 0.0287. The molecule has 41 heteroatoms. The van der Waals surface area contributed by atoms with Crippen molar-refractivity contribution in [1.29, 1.82) is 0 Å². The minimum atomic E-state index is -1.90. The number of nitrogens with one attached hydrogen (secondary N) is 11. The molecule has 1 aromatic heterocycles. The molecule has 1 unspecified atom stereocenters. The molecule has 39 nitrogen and oxygen atoms in total. The highest BCUT2D eigenvalue weighted by Crippen LogP contribution is 2.37. The van der Waals surface area contributed by atoms with Crippen LogP contribution in [-0.4, -0.2) is 219 Å². The predicted molar refractivity (Wildman–Crippen MR) is 355 cm³/mol. The number of rotatable bonds is 44. The number of imidazole rings is 1. The zero-order chi connectivity index (χ0) is 71.4. The number of nitrogens with two attached hydrogens (primary N) is 9. The van der Waals surface area contributed by atoms with Gasteiger partial charge in [0.05, 0.1) is 31.9 Å². The van der Waals surface area contributed by atoms with Crippen molar-refractivity contribution < 1.29 is 67.7 Å². The first-order valence-corrected chi connectivity index (χ1v) is 31.5. The number of nitrogens with zero attached hydrogens (tertiary/aromatic N) is 5. The number of carboxylic acids is 2. The Bertz CT molecular complexity index is 2860. The van der Waals surface area contributed by atoms with Crippen LogP contribution in [0.4, 0.5) is 0 Å². The van der Waals surface area contributed by atoms with Crippen LogP contribution in [0.25, 0.3) is 0 Å². The van der Waals surface area contributed by atoms with E-state index >= 15 is 0 Å². The highest BCUT2D eigenvalue weighted by Gasteiger charge is 2.43. The van der Waals surface area contributed by atoms with Crippen LogP contribution in [0.1, 0.15) is 109 Å². The molecule has 1 aliphatic rings. The Kier molecular flexibility index (Phi) is 36.8. The second kappa shape index (κ2) is 42.7. The number of hydrogen-bond donors (Lipinski definition) is 24. The third-order valence-electron chi connectivity index (χ3n) is 14.4. The maximum atomic E-state index is 14.2. The molecule has 1 heterocycles. The Morgan fingerprint density at radius 3 is 1.44 bits per heavy atom. The number of H-pyrrole nitrogens is 1. The number of guanidine groups is 4. The molecule has 1 saturated carbocycles. The van der Waals surface area contributed by atoms with Gasteiger partial charge in [0.2, 0.25) is 59.1 Å². The molecule has 95 heavy (non-hydrogen) atoms. The van der Waals surface area contributed by atoms with Crippen molar-refractivity contribution in [1.82, 2.24) is 63.1 Å². The van der Waals surface area contributed by atoms with Crippen LogP contribution in [0.3, 0.4) is 0 Å². The van der Waals surface area contributed by atoms with E-state index < -0.39 is 156 Å². The Labute approximate surface area is 558 Å². The molecule has 0 spiro atoms. The normalized spacial score (nSPS) is 15.2. The highest BCUT2D eigenvalue weighted by atomic mass is 32.1. The molecular formula is C54H95N25O14S2. The Balaban J connectivity index is 2.32. The summed E-state index contributed by atoms with van der Waals surface area (Å²) in [5.41, 5.74) is 49.8. The van der Waals surface area contributed by atoms with Crippen molar-refractivity contribution in [3.8, 4) is 0 Å². The SMILES string of the molecule is CC(C)[C@H](NC(=O)[C@H](CC(=O)O)NC(=O)CNC(=O)[C@H](CCCN=C(N)N)NC(=O)[C@H](Cc1cnc[nH]1)NC(=O)CNC(=O)C(NC(=O)[C@@H](N)CCCN=C(N)N)C1(S)CCCCC1)C(=O)N[C@@H](CCCN=C(N)N)C(=O)N[C@@H](CS)C(=O)N[C@@H](CCCN=C(N)N)C(=O)O. The van der Waals surface area contributed by atoms with E-state index in [0.29, 0.717) is 37.8 Å². The van der Waals surface area contributed by atoms with Gasteiger partial charge in [-0.1, -0.05) is 33.1 Å². The van der Waals surface area contributed by atoms with Crippen LogP contribution >= 0.6 is 25.3 Å². The van der Waals surface area contributed by atoms with E-state index in [4.69, 9.17) is 64.2 Å². The van der Waals surface area contributed by atoms with Crippen LogP contribution in [-0.2, 0) is 64.0 Å². The lowest BCUT2D eigenvalue weighted by Gasteiger charge is -2.39. The summed E-state index contributed by atoms with van der Waals surface area (Å²) in [5, 5.41) is 44.1. The molecule has 1 aliphatic carbocycles. The molecule has 31 N–H and O–H groups in total. The van der Waals surface area contributed by atoms with Crippen LogP contribution in [0.2, 0.25) is 0 Å². The summed E-state index contributed by atoms with van der Waals surface area (Å²) < 4.78 is -1.02. The van der Waals surface area contributed by atoms with Gasteiger partial charge in [-0.15, -0.1) is 0 Å². The Hall–Kier alpha value is -9.41. The van der Waals surface area contributed by atoms with Crippen molar-refractivity contribution in [2.24, 2.45) is 77.5 Å². The zero-order valence-corrected chi connectivity index (χ0v) is 54.9. The number of carbonyl (C=O) groups is 12. The zero-order valence-electron chi connectivity index (χ0n) is 53.1. The first-order chi connectivity index (χ1) is 44.8. The average Bonchev–Trinajstić information content (AvgIpc) is 0.875. The van der Waals surface area contributed by atoms with Gasteiger partial charge in [0.15, 0.2) is 23.8 Å². The molecule has 0 saturated heterocycles. The summed E-state index contributed by atoms with van der Waals surface area (Å²) in [4.78, 5) is 184. The van der Waals surface area contributed by atoms with Gasteiger partial charge in [0.1, 0.15) is 48.3 Å². The molecule has 2 rings (SSSR count). The van der Waals surface area contributed by atoms with Crippen LogP contribution in [0.5, 0.6) is 0 Å². The number of hydrogen-bond acceptors (Lipinski definition) is 20. The standard InChI is InChI=1S/C54H95N25O14S2/c1-27(2)39(47(90)75-31(12-8-18-67-52(60)61)43(86)77-35(25-94)46(89)76-32(49(92)93)13-9-19-68-53(62)63)78-45(88)34(21-38(82)83)73-36(80)23-69-42(85)30(11-7-17-66-51(58)59)74-44(87)33(20-28-22-64-26-71-28)72-37(81)24-70-48(91)40(54(95)14-4-3-5-15-54)79-41(84)29(55)10-6-16-65-50(56)57/h22,26-27,29-35,39-40,94-95H,3-21,23-25,55H2,1-2H3,(H,64,71)(H,69,85)(H,70,91)(H,72,81)(H,73,80)(H,74,87)(H,75,90)(H,76,89)(H,77,86)(H,78,88)(H,79,84)(H,82,83)(H,92,93)(H4,56,57,65)(H4,58,59,66)(H4,60,61,67)(H4,62,63,68)/t29-,30-,31-,32-,33-,34-,35-,39-,40?/m0/s1. The second-order valence-electron chi connectivity index (χ2n) is 22.6. The van der Waals surface area contributed by atoms with Gasteiger partial charge in [-0.3, -0.25) is 72.7 Å². The van der Waals surface area contributed by atoms with E-state index in [1.165, 1.54) is 26.4 Å². The lowest BCUT2D eigenvalue weighted by atomic mass is 9.82.